The fraction of sp³-hybridized carbons (Fsp3) is 0.167. The second-order valence-electron chi connectivity index (χ2n) is 5.43. The minimum Gasteiger partial charge on any atom is -0.493 e. The average molecular weight is 276 g/mol. The van der Waals surface area contributed by atoms with Gasteiger partial charge in [0, 0.05) is 35.3 Å². The van der Waals surface area contributed by atoms with Crippen molar-refractivity contribution in [1.82, 2.24) is 4.98 Å². The summed E-state index contributed by atoms with van der Waals surface area (Å²) >= 11 is 0. The van der Waals surface area contributed by atoms with E-state index in [4.69, 9.17) is 10.5 Å². The Morgan fingerprint density at radius 3 is 2.81 bits per heavy atom. The summed E-state index contributed by atoms with van der Waals surface area (Å²) in [6, 6.07) is 16.2. The van der Waals surface area contributed by atoms with Crippen LogP contribution in [0.4, 0.5) is 0 Å². The number of para-hydroxylation sites is 1. The third-order valence-electron chi connectivity index (χ3n) is 4.23. The minimum absolute atomic E-state index is 0.118. The standard InChI is InChI=1S/C18H16N2O/c19-18(16-11-21-17-8-4-3-7-14(16)17)15-10-20-9-12-5-1-2-6-13(12)15/h1-10,16,18H,11,19H2. The summed E-state index contributed by atoms with van der Waals surface area (Å²) < 4.78 is 5.77. The first kappa shape index (κ1) is 12.4. The van der Waals surface area contributed by atoms with Crippen LogP contribution in [0.5, 0.6) is 5.75 Å². The van der Waals surface area contributed by atoms with Crippen molar-refractivity contribution >= 4 is 10.8 Å². The topological polar surface area (TPSA) is 48.1 Å². The van der Waals surface area contributed by atoms with Gasteiger partial charge in [-0.2, -0.15) is 0 Å². The maximum absolute atomic E-state index is 6.56. The van der Waals surface area contributed by atoms with Crippen LogP contribution in [0.3, 0.4) is 0 Å². The van der Waals surface area contributed by atoms with Gasteiger partial charge in [-0.15, -0.1) is 0 Å². The van der Waals surface area contributed by atoms with Gasteiger partial charge in [0.05, 0.1) is 6.61 Å². The molecule has 2 N–H and O–H groups in total. The zero-order valence-electron chi connectivity index (χ0n) is 11.6. The molecule has 0 bridgehead atoms. The average Bonchev–Trinajstić information content (AvgIpc) is 2.98. The Morgan fingerprint density at radius 2 is 1.86 bits per heavy atom. The largest absolute Gasteiger partial charge is 0.493 e. The number of rotatable bonds is 2. The van der Waals surface area contributed by atoms with Crippen LogP contribution < -0.4 is 10.5 Å². The quantitative estimate of drug-likeness (QED) is 0.780. The number of nitrogens with two attached hydrogens (primary N) is 1. The highest BCUT2D eigenvalue weighted by Gasteiger charge is 2.30. The van der Waals surface area contributed by atoms with Crippen molar-refractivity contribution < 1.29 is 4.74 Å². The minimum atomic E-state index is -0.118. The molecular weight excluding hydrogens is 260 g/mol. The lowest BCUT2D eigenvalue weighted by atomic mass is 9.88. The molecular formula is C18H16N2O. The highest BCUT2D eigenvalue weighted by atomic mass is 16.5. The molecule has 2 unspecified atom stereocenters. The Balaban J connectivity index is 1.80. The molecule has 21 heavy (non-hydrogen) atoms. The Hall–Kier alpha value is -2.39. The molecule has 0 saturated heterocycles. The van der Waals surface area contributed by atoms with Crippen LogP contribution in [-0.4, -0.2) is 11.6 Å². The number of pyridine rings is 1. The van der Waals surface area contributed by atoms with Crippen molar-refractivity contribution in [3.8, 4) is 5.75 Å². The molecule has 4 rings (SSSR count). The molecule has 3 aromatic rings. The summed E-state index contributed by atoms with van der Waals surface area (Å²) in [5, 5.41) is 2.29. The summed E-state index contributed by atoms with van der Waals surface area (Å²) in [6.07, 6.45) is 3.76. The van der Waals surface area contributed by atoms with E-state index in [-0.39, 0.29) is 12.0 Å². The molecule has 0 saturated carbocycles. The number of hydrogen-bond donors (Lipinski definition) is 1. The lowest BCUT2D eigenvalue weighted by Gasteiger charge is -2.20. The fourth-order valence-corrected chi connectivity index (χ4v) is 3.11. The molecule has 1 aromatic heterocycles. The number of nitrogens with zero attached hydrogens (tertiary/aromatic N) is 1. The molecule has 2 aromatic carbocycles. The lowest BCUT2D eigenvalue weighted by Crippen LogP contribution is -2.21. The summed E-state index contributed by atoms with van der Waals surface area (Å²) in [7, 11) is 0. The van der Waals surface area contributed by atoms with Gasteiger partial charge in [-0.3, -0.25) is 4.98 Å². The Labute approximate surface area is 123 Å². The number of ether oxygens (including phenoxy) is 1. The fourth-order valence-electron chi connectivity index (χ4n) is 3.11. The van der Waals surface area contributed by atoms with Crippen LogP contribution in [0.15, 0.2) is 60.9 Å². The normalized spacial score (nSPS) is 18.2. The highest BCUT2D eigenvalue weighted by molar-refractivity contribution is 5.85. The summed E-state index contributed by atoms with van der Waals surface area (Å²) in [5.41, 5.74) is 8.84. The Bertz CT molecular complexity index is 795. The zero-order valence-corrected chi connectivity index (χ0v) is 11.6. The molecule has 0 radical (unpaired) electrons. The van der Waals surface area contributed by atoms with Crippen LogP contribution in [0.1, 0.15) is 23.1 Å². The van der Waals surface area contributed by atoms with Gasteiger partial charge in [0.25, 0.3) is 0 Å². The van der Waals surface area contributed by atoms with Crippen molar-refractivity contribution in [2.75, 3.05) is 6.61 Å². The van der Waals surface area contributed by atoms with Gasteiger partial charge < -0.3 is 10.5 Å². The van der Waals surface area contributed by atoms with Crippen LogP contribution in [-0.2, 0) is 0 Å². The van der Waals surface area contributed by atoms with Crippen LogP contribution in [0.2, 0.25) is 0 Å². The number of benzene rings is 2. The third-order valence-corrected chi connectivity index (χ3v) is 4.23. The van der Waals surface area contributed by atoms with E-state index >= 15 is 0 Å². The second-order valence-corrected chi connectivity index (χ2v) is 5.43. The zero-order chi connectivity index (χ0) is 14.2. The number of fused-ring (bicyclic) bond motifs is 2. The van der Waals surface area contributed by atoms with E-state index in [1.165, 1.54) is 10.9 Å². The van der Waals surface area contributed by atoms with Crippen molar-refractivity contribution in [2.24, 2.45) is 5.73 Å². The molecule has 1 aliphatic heterocycles. The summed E-state index contributed by atoms with van der Waals surface area (Å²) in [5.74, 6) is 1.12. The van der Waals surface area contributed by atoms with Gasteiger partial charge in [0.15, 0.2) is 0 Å². The van der Waals surface area contributed by atoms with Gasteiger partial charge >= 0.3 is 0 Å². The van der Waals surface area contributed by atoms with Crippen molar-refractivity contribution in [3.63, 3.8) is 0 Å². The summed E-state index contributed by atoms with van der Waals surface area (Å²) in [4.78, 5) is 4.34. The molecule has 3 nitrogen and oxygen atoms in total. The first-order valence-electron chi connectivity index (χ1n) is 7.14. The first-order valence-corrected chi connectivity index (χ1v) is 7.14. The monoisotopic (exact) mass is 276 g/mol. The van der Waals surface area contributed by atoms with Crippen molar-refractivity contribution in [2.45, 2.75) is 12.0 Å². The molecule has 0 amide bonds. The molecule has 3 heteroatoms. The second kappa shape index (κ2) is 4.86. The highest BCUT2D eigenvalue weighted by Crippen LogP contribution is 2.41. The van der Waals surface area contributed by atoms with E-state index in [0.29, 0.717) is 6.61 Å². The number of hydrogen-bond acceptors (Lipinski definition) is 3. The van der Waals surface area contributed by atoms with E-state index in [0.717, 1.165) is 16.7 Å². The SMILES string of the molecule is NC(c1cncc2ccccc12)C1COc2ccccc21. The van der Waals surface area contributed by atoms with Crippen molar-refractivity contribution in [3.05, 3.63) is 72.1 Å². The molecule has 2 heterocycles. The van der Waals surface area contributed by atoms with E-state index in [1.54, 1.807) is 0 Å². The van der Waals surface area contributed by atoms with Gasteiger partial charge in [-0.05, 0) is 17.0 Å². The van der Waals surface area contributed by atoms with Gasteiger partial charge in [0.2, 0.25) is 0 Å². The van der Waals surface area contributed by atoms with Crippen LogP contribution in [0.25, 0.3) is 10.8 Å². The molecule has 2 atom stereocenters. The third kappa shape index (κ3) is 1.98. The smallest absolute Gasteiger partial charge is 0.122 e. The van der Waals surface area contributed by atoms with Gasteiger partial charge in [-0.25, -0.2) is 0 Å². The van der Waals surface area contributed by atoms with Crippen LogP contribution in [0, 0.1) is 0 Å². The first-order chi connectivity index (χ1) is 10.3. The molecule has 0 fully saturated rings. The predicted octanol–water partition coefficient (Wildman–Crippen LogP) is 3.41. The van der Waals surface area contributed by atoms with E-state index in [1.807, 2.05) is 42.7 Å². The molecule has 0 spiro atoms. The van der Waals surface area contributed by atoms with Gasteiger partial charge in [0.1, 0.15) is 5.75 Å². The Morgan fingerprint density at radius 1 is 1.05 bits per heavy atom. The van der Waals surface area contributed by atoms with E-state index in [2.05, 4.69) is 23.2 Å². The van der Waals surface area contributed by atoms with E-state index in [9.17, 15) is 0 Å². The predicted molar refractivity (Wildman–Crippen MR) is 83.3 cm³/mol. The van der Waals surface area contributed by atoms with Crippen molar-refractivity contribution in [1.29, 1.82) is 0 Å². The van der Waals surface area contributed by atoms with Gasteiger partial charge in [-0.1, -0.05) is 42.5 Å². The maximum atomic E-state index is 6.56. The molecule has 0 aliphatic carbocycles. The number of aromatic nitrogens is 1. The summed E-state index contributed by atoms with van der Waals surface area (Å²) in [6.45, 7) is 0.629. The lowest BCUT2D eigenvalue weighted by molar-refractivity contribution is 0.315. The molecule has 1 aliphatic rings. The van der Waals surface area contributed by atoms with Crippen LogP contribution >= 0.6 is 0 Å². The van der Waals surface area contributed by atoms with E-state index < -0.39 is 0 Å². The Kier molecular flexibility index (Phi) is 2.86. The molecule has 104 valence electrons. The maximum Gasteiger partial charge on any atom is 0.122 e.